The van der Waals surface area contributed by atoms with E-state index in [1.54, 1.807) is 7.11 Å². The number of carboxylic acid groups (broad SMARTS) is 1. The lowest BCUT2D eigenvalue weighted by atomic mass is 10.3. The van der Waals surface area contributed by atoms with Crippen LogP contribution in [0.15, 0.2) is 23.4 Å². The van der Waals surface area contributed by atoms with Crippen molar-refractivity contribution in [3.8, 4) is 5.75 Å². The van der Waals surface area contributed by atoms with E-state index in [0.717, 1.165) is 35.0 Å². The third-order valence-corrected chi connectivity index (χ3v) is 3.98. The van der Waals surface area contributed by atoms with E-state index >= 15 is 0 Å². The fraction of sp³-hybridized carbons (Fsp3) is 0.429. The lowest BCUT2D eigenvalue weighted by molar-refractivity contribution is -0.133. The van der Waals surface area contributed by atoms with Gasteiger partial charge in [0.2, 0.25) is 0 Å². The van der Waals surface area contributed by atoms with E-state index in [-0.39, 0.29) is 5.75 Å². The SMILES string of the molecule is COc1ccc2nc(SCC(=O)O)n(CCN(C)C)c2c1. The molecule has 0 bridgehead atoms. The zero-order valence-electron chi connectivity index (χ0n) is 12.4. The molecular weight excluding hydrogens is 290 g/mol. The van der Waals surface area contributed by atoms with Crippen molar-refractivity contribution in [1.29, 1.82) is 0 Å². The number of imidazole rings is 1. The smallest absolute Gasteiger partial charge is 0.313 e. The summed E-state index contributed by atoms with van der Waals surface area (Å²) in [6.45, 7) is 1.60. The predicted molar refractivity (Wildman–Crippen MR) is 83.2 cm³/mol. The molecule has 0 saturated carbocycles. The van der Waals surface area contributed by atoms with Crippen LogP contribution < -0.4 is 4.74 Å². The molecule has 21 heavy (non-hydrogen) atoms. The third-order valence-electron chi connectivity index (χ3n) is 3.02. The molecule has 1 aromatic heterocycles. The van der Waals surface area contributed by atoms with Crippen LogP contribution in [0.5, 0.6) is 5.75 Å². The van der Waals surface area contributed by atoms with Gasteiger partial charge in [-0.2, -0.15) is 0 Å². The minimum absolute atomic E-state index is 0.00240. The lowest BCUT2D eigenvalue weighted by Crippen LogP contribution is -2.19. The standard InChI is InChI=1S/C14H19N3O3S/c1-16(2)6-7-17-12-8-10(20-3)4-5-11(12)15-14(17)21-9-13(18)19/h4-5,8H,6-7,9H2,1-3H3,(H,18,19). The summed E-state index contributed by atoms with van der Waals surface area (Å²) in [7, 11) is 5.63. The number of carboxylic acids is 1. The van der Waals surface area contributed by atoms with Crippen molar-refractivity contribution >= 4 is 28.8 Å². The van der Waals surface area contributed by atoms with Gasteiger partial charge in [-0.25, -0.2) is 4.98 Å². The van der Waals surface area contributed by atoms with Crippen LogP contribution >= 0.6 is 11.8 Å². The Morgan fingerprint density at radius 1 is 1.48 bits per heavy atom. The maximum Gasteiger partial charge on any atom is 0.313 e. The van der Waals surface area contributed by atoms with Crippen LogP contribution in [0.4, 0.5) is 0 Å². The molecule has 0 fully saturated rings. The summed E-state index contributed by atoms with van der Waals surface area (Å²) >= 11 is 1.24. The molecular formula is C14H19N3O3S. The first-order valence-corrected chi connectivity index (χ1v) is 7.53. The quantitative estimate of drug-likeness (QED) is 0.786. The number of fused-ring (bicyclic) bond motifs is 1. The number of likely N-dealkylation sites (N-methyl/N-ethyl adjacent to an activating group) is 1. The first kappa shape index (κ1) is 15.7. The van der Waals surface area contributed by atoms with Crippen molar-refractivity contribution in [2.75, 3.05) is 33.5 Å². The Hall–Kier alpha value is -1.73. The van der Waals surface area contributed by atoms with E-state index in [4.69, 9.17) is 9.84 Å². The minimum atomic E-state index is -0.844. The van der Waals surface area contributed by atoms with Crippen LogP contribution in [-0.2, 0) is 11.3 Å². The summed E-state index contributed by atoms with van der Waals surface area (Å²) in [6, 6.07) is 5.69. The van der Waals surface area contributed by atoms with Gasteiger partial charge in [0.1, 0.15) is 5.75 Å². The highest BCUT2D eigenvalue weighted by Gasteiger charge is 2.13. The van der Waals surface area contributed by atoms with Crippen molar-refractivity contribution in [3.63, 3.8) is 0 Å². The number of hydrogen-bond acceptors (Lipinski definition) is 5. The van der Waals surface area contributed by atoms with Crippen molar-refractivity contribution in [1.82, 2.24) is 14.5 Å². The molecule has 0 aliphatic rings. The molecule has 0 amide bonds. The molecule has 0 aliphatic carbocycles. The number of ether oxygens (including phenoxy) is 1. The summed E-state index contributed by atoms with van der Waals surface area (Å²) in [6.07, 6.45) is 0. The van der Waals surface area contributed by atoms with Crippen molar-refractivity contribution in [3.05, 3.63) is 18.2 Å². The summed E-state index contributed by atoms with van der Waals surface area (Å²) < 4.78 is 7.30. The van der Waals surface area contributed by atoms with E-state index in [2.05, 4.69) is 9.88 Å². The largest absolute Gasteiger partial charge is 0.497 e. The topological polar surface area (TPSA) is 67.6 Å². The van der Waals surface area contributed by atoms with E-state index in [9.17, 15) is 4.79 Å². The second-order valence-corrected chi connectivity index (χ2v) is 5.83. The van der Waals surface area contributed by atoms with E-state index in [1.807, 2.05) is 36.9 Å². The number of nitrogens with zero attached hydrogens (tertiary/aromatic N) is 3. The number of aromatic nitrogens is 2. The average molecular weight is 309 g/mol. The molecule has 0 saturated heterocycles. The van der Waals surface area contributed by atoms with Gasteiger partial charge in [-0.05, 0) is 26.2 Å². The normalized spacial score (nSPS) is 11.2. The van der Waals surface area contributed by atoms with Crippen LogP contribution in [0.2, 0.25) is 0 Å². The second-order valence-electron chi connectivity index (χ2n) is 4.89. The number of methoxy groups -OCH3 is 1. The molecule has 0 spiro atoms. The molecule has 0 aliphatic heterocycles. The monoisotopic (exact) mass is 309 g/mol. The first-order chi connectivity index (χ1) is 10.0. The highest BCUT2D eigenvalue weighted by atomic mass is 32.2. The van der Waals surface area contributed by atoms with Crippen LogP contribution in [0, 0.1) is 0 Å². The van der Waals surface area contributed by atoms with Gasteiger partial charge in [0.05, 0.1) is 23.9 Å². The number of benzene rings is 1. The Kier molecular flexibility index (Phi) is 5.08. The fourth-order valence-electron chi connectivity index (χ4n) is 1.96. The van der Waals surface area contributed by atoms with Gasteiger partial charge < -0.3 is 19.3 Å². The number of hydrogen-bond donors (Lipinski definition) is 1. The molecule has 1 N–H and O–H groups in total. The third kappa shape index (κ3) is 3.89. The zero-order chi connectivity index (χ0) is 15.4. The van der Waals surface area contributed by atoms with Crippen LogP contribution in [0.1, 0.15) is 0 Å². The maximum atomic E-state index is 10.8. The van der Waals surface area contributed by atoms with Crippen molar-refractivity contribution in [2.45, 2.75) is 11.7 Å². The zero-order valence-corrected chi connectivity index (χ0v) is 13.2. The van der Waals surface area contributed by atoms with Crippen LogP contribution in [0.25, 0.3) is 11.0 Å². The van der Waals surface area contributed by atoms with Gasteiger partial charge >= 0.3 is 5.97 Å². The molecule has 6 nitrogen and oxygen atoms in total. The van der Waals surface area contributed by atoms with Gasteiger partial charge in [-0.15, -0.1) is 0 Å². The number of aliphatic carboxylic acids is 1. The number of thioether (sulfide) groups is 1. The van der Waals surface area contributed by atoms with Crippen LogP contribution in [0.3, 0.4) is 0 Å². The molecule has 114 valence electrons. The van der Waals surface area contributed by atoms with Crippen molar-refractivity contribution < 1.29 is 14.6 Å². The van der Waals surface area contributed by atoms with E-state index in [1.165, 1.54) is 11.8 Å². The highest BCUT2D eigenvalue weighted by Crippen LogP contribution is 2.27. The molecule has 2 aromatic rings. The van der Waals surface area contributed by atoms with Crippen LogP contribution in [-0.4, -0.2) is 59.0 Å². The van der Waals surface area contributed by atoms with E-state index < -0.39 is 5.97 Å². The van der Waals surface area contributed by atoms with Gasteiger partial charge in [0.25, 0.3) is 0 Å². The summed E-state index contributed by atoms with van der Waals surface area (Å²) in [5.74, 6) is -0.0744. The average Bonchev–Trinajstić information content (AvgIpc) is 2.79. The van der Waals surface area contributed by atoms with Gasteiger partial charge in [0.15, 0.2) is 5.16 Å². The lowest BCUT2D eigenvalue weighted by Gasteiger charge is -2.13. The van der Waals surface area contributed by atoms with E-state index in [0.29, 0.717) is 0 Å². The Morgan fingerprint density at radius 3 is 2.86 bits per heavy atom. The molecule has 7 heteroatoms. The molecule has 0 atom stereocenters. The minimum Gasteiger partial charge on any atom is -0.497 e. The number of carbonyl (C=O) groups is 1. The highest BCUT2D eigenvalue weighted by molar-refractivity contribution is 7.99. The van der Waals surface area contributed by atoms with Gasteiger partial charge in [-0.1, -0.05) is 11.8 Å². The Labute approximate surface area is 127 Å². The van der Waals surface area contributed by atoms with Gasteiger partial charge in [0, 0.05) is 19.2 Å². The summed E-state index contributed by atoms with van der Waals surface area (Å²) in [5.41, 5.74) is 1.81. The summed E-state index contributed by atoms with van der Waals surface area (Å²) in [4.78, 5) is 17.4. The maximum absolute atomic E-state index is 10.8. The van der Waals surface area contributed by atoms with Gasteiger partial charge in [-0.3, -0.25) is 4.79 Å². The predicted octanol–water partition coefficient (Wildman–Crippen LogP) is 1.78. The summed E-state index contributed by atoms with van der Waals surface area (Å²) in [5, 5.41) is 9.58. The molecule has 2 rings (SSSR count). The second kappa shape index (κ2) is 6.82. The molecule has 1 heterocycles. The Balaban J connectivity index is 2.39. The fourth-order valence-corrected chi connectivity index (χ4v) is 2.72. The van der Waals surface area contributed by atoms with Crippen molar-refractivity contribution in [2.24, 2.45) is 0 Å². The molecule has 1 aromatic carbocycles. The molecule has 0 unspecified atom stereocenters. The first-order valence-electron chi connectivity index (χ1n) is 6.55. The number of rotatable bonds is 7. The molecule has 0 radical (unpaired) electrons. The Morgan fingerprint density at radius 2 is 2.24 bits per heavy atom. The Bertz CT molecular complexity index is 640.